The van der Waals surface area contributed by atoms with Gasteiger partial charge in [0, 0.05) is 0 Å². The Bertz CT molecular complexity index is 854. The van der Waals surface area contributed by atoms with Gasteiger partial charge in [-0.05, 0) is 65.1 Å². The molecule has 1 aliphatic heterocycles. The average Bonchev–Trinajstić information content (AvgIpc) is 2.97. The molecule has 1 saturated heterocycles. The van der Waals surface area contributed by atoms with Crippen LogP contribution in [0.25, 0.3) is 6.08 Å². The largest absolute Gasteiger partial charge is 0.497 e. The van der Waals surface area contributed by atoms with Crippen LogP contribution in [0.15, 0.2) is 46.4 Å². The number of rotatable bonds is 3. The number of carbonyl (C=O) groups excluding carboxylic acids is 3. The van der Waals surface area contributed by atoms with E-state index in [1.54, 1.807) is 36.4 Å². The second-order valence-electron chi connectivity index (χ2n) is 4.80. The number of anilines is 1. The molecule has 1 aromatic heterocycles. The zero-order chi connectivity index (χ0) is 17.3. The summed E-state index contributed by atoms with van der Waals surface area (Å²) in [6.07, 6.45) is 1.31. The number of methoxy groups -OCH3 is 1. The summed E-state index contributed by atoms with van der Waals surface area (Å²) in [7, 11) is 1.51. The molecule has 1 N–H and O–H groups in total. The molecule has 8 heteroatoms. The van der Waals surface area contributed by atoms with Crippen molar-refractivity contribution in [2.75, 3.05) is 12.0 Å². The summed E-state index contributed by atoms with van der Waals surface area (Å²) >= 11 is 1.97. The van der Waals surface area contributed by atoms with Crippen LogP contribution in [0.1, 0.15) is 5.76 Å². The van der Waals surface area contributed by atoms with E-state index in [9.17, 15) is 14.4 Å². The van der Waals surface area contributed by atoms with Crippen LogP contribution in [0.2, 0.25) is 0 Å². The maximum atomic E-state index is 12.6. The number of hydrogen-bond donors (Lipinski definition) is 1. The lowest BCUT2D eigenvalue weighted by atomic mass is 10.1. The molecule has 122 valence electrons. The highest BCUT2D eigenvalue weighted by Crippen LogP contribution is 2.24. The van der Waals surface area contributed by atoms with Crippen LogP contribution < -0.4 is 15.0 Å². The van der Waals surface area contributed by atoms with Crippen molar-refractivity contribution in [1.82, 2.24) is 5.32 Å². The minimum absolute atomic E-state index is 0.184. The number of halogens is 1. The lowest BCUT2D eigenvalue weighted by molar-refractivity contribution is -0.122. The zero-order valence-corrected chi connectivity index (χ0v) is 14.6. The number of barbiturate groups is 1. The number of benzene rings is 1. The molecule has 0 radical (unpaired) electrons. The molecule has 3 rings (SSSR count). The predicted molar refractivity (Wildman–Crippen MR) is 93.4 cm³/mol. The van der Waals surface area contributed by atoms with Crippen molar-refractivity contribution in [1.29, 1.82) is 0 Å². The first-order valence-corrected chi connectivity index (χ1v) is 7.88. The zero-order valence-electron chi connectivity index (χ0n) is 12.4. The summed E-state index contributed by atoms with van der Waals surface area (Å²) in [6, 6.07) is 8.86. The summed E-state index contributed by atoms with van der Waals surface area (Å²) in [6.45, 7) is 0. The standard InChI is InChI=1S/C16H11IN2O5/c1-23-10-4-2-9(3-5-10)19-15(21)12(14(20)18-16(19)22)8-11-6-7-13(17)24-11/h2-8H,1H3,(H,18,20,22). The van der Waals surface area contributed by atoms with Gasteiger partial charge in [0.1, 0.15) is 17.1 Å². The van der Waals surface area contributed by atoms with Crippen LogP contribution in [-0.4, -0.2) is 25.0 Å². The molecular weight excluding hydrogens is 427 g/mol. The van der Waals surface area contributed by atoms with Gasteiger partial charge in [-0.15, -0.1) is 0 Å². The third-order valence-electron chi connectivity index (χ3n) is 3.31. The Balaban J connectivity index is 1.97. The molecule has 1 aromatic carbocycles. The monoisotopic (exact) mass is 438 g/mol. The molecule has 0 saturated carbocycles. The Morgan fingerprint density at radius 3 is 2.42 bits per heavy atom. The van der Waals surface area contributed by atoms with Crippen molar-refractivity contribution in [3.63, 3.8) is 0 Å². The molecule has 1 fully saturated rings. The van der Waals surface area contributed by atoms with Gasteiger partial charge in [0.15, 0.2) is 3.77 Å². The van der Waals surface area contributed by atoms with Gasteiger partial charge in [0.05, 0.1) is 12.8 Å². The molecule has 2 aromatic rings. The third kappa shape index (κ3) is 3.04. The molecule has 4 amide bonds. The third-order valence-corrected chi connectivity index (χ3v) is 3.89. The van der Waals surface area contributed by atoms with Crippen molar-refractivity contribution < 1.29 is 23.5 Å². The van der Waals surface area contributed by atoms with Crippen molar-refractivity contribution in [3.05, 3.63) is 51.5 Å². The van der Waals surface area contributed by atoms with Gasteiger partial charge in [0.25, 0.3) is 11.8 Å². The van der Waals surface area contributed by atoms with Crippen LogP contribution in [0.5, 0.6) is 5.75 Å². The highest BCUT2D eigenvalue weighted by Gasteiger charge is 2.37. The maximum absolute atomic E-state index is 12.6. The van der Waals surface area contributed by atoms with Gasteiger partial charge in [-0.2, -0.15) is 0 Å². The van der Waals surface area contributed by atoms with Gasteiger partial charge in [-0.3, -0.25) is 14.9 Å². The normalized spacial score (nSPS) is 16.5. The number of carbonyl (C=O) groups is 3. The Kier molecular flexibility index (Phi) is 4.38. The quantitative estimate of drug-likeness (QED) is 0.452. The minimum Gasteiger partial charge on any atom is -0.497 e. The van der Waals surface area contributed by atoms with Crippen LogP contribution in [0, 0.1) is 3.77 Å². The molecule has 1 aliphatic rings. The Morgan fingerprint density at radius 1 is 1.12 bits per heavy atom. The molecule has 24 heavy (non-hydrogen) atoms. The smallest absolute Gasteiger partial charge is 0.335 e. The molecule has 0 spiro atoms. The molecule has 0 bridgehead atoms. The van der Waals surface area contributed by atoms with Crippen molar-refractivity contribution >= 4 is 52.2 Å². The van der Waals surface area contributed by atoms with Crippen LogP contribution in [0.4, 0.5) is 10.5 Å². The number of nitrogens with one attached hydrogen (secondary N) is 1. The number of urea groups is 1. The first kappa shape index (κ1) is 16.2. The second-order valence-corrected chi connectivity index (χ2v) is 5.86. The van der Waals surface area contributed by atoms with E-state index in [1.807, 2.05) is 22.6 Å². The number of hydrogen-bond acceptors (Lipinski definition) is 5. The average molecular weight is 438 g/mol. The fraction of sp³-hybridized carbons (Fsp3) is 0.0625. The summed E-state index contributed by atoms with van der Waals surface area (Å²) in [4.78, 5) is 37.6. The van der Waals surface area contributed by atoms with Gasteiger partial charge in [-0.1, -0.05) is 0 Å². The van der Waals surface area contributed by atoms with Crippen LogP contribution in [-0.2, 0) is 9.59 Å². The van der Waals surface area contributed by atoms with E-state index in [4.69, 9.17) is 9.15 Å². The number of furan rings is 1. The second kappa shape index (κ2) is 6.48. The van der Waals surface area contributed by atoms with Gasteiger partial charge >= 0.3 is 6.03 Å². The Hall–Kier alpha value is -2.62. The molecular formula is C16H11IN2O5. The highest BCUT2D eigenvalue weighted by molar-refractivity contribution is 14.1. The van der Waals surface area contributed by atoms with Crippen LogP contribution >= 0.6 is 22.6 Å². The van der Waals surface area contributed by atoms with E-state index in [0.29, 0.717) is 21.0 Å². The number of amides is 4. The minimum atomic E-state index is -0.804. The van der Waals surface area contributed by atoms with Crippen LogP contribution in [0.3, 0.4) is 0 Å². The molecule has 0 atom stereocenters. The van der Waals surface area contributed by atoms with Gasteiger partial charge < -0.3 is 9.15 Å². The fourth-order valence-corrected chi connectivity index (χ4v) is 2.61. The van der Waals surface area contributed by atoms with E-state index in [2.05, 4.69) is 5.32 Å². The molecule has 7 nitrogen and oxygen atoms in total. The van der Waals surface area contributed by atoms with E-state index in [-0.39, 0.29) is 5.57 Å². The van der Waals surface area contributed by atoms with Gasteiger partial charge in [0.2, 0.25) is 0 Å². The van der Waals surface area contributed by atoms with E-state index >= 15 is 0 Å². The van der Waals surface area contributed by atoms with Crippen molar-refractivity contribution in [3.8, 4) is 5.75 Å². The van der Waals surface area contributed by atoms with Crippen molar-refractivity contribution in [2.24, 2.45) is 0 Å². The number of nitrogens with zero attached hydrogens (tertiary/aromatic N) is 1. The van der Waals surface area contributed by atoms with Gasteiger partial charge in [-0.25, -0.2) is 9.69 Å². The topological polar surface area (TPSA) is 88.8 Å². The molecule has 0 aliphatic carbocycles. The highest BCUT2D eigenvalue weighted by atomic mass is 127. The summed E-state index contributed by atoms with van der Waals surface area (Å²) in [5.41, 5.74) is 0.141. The lowest BCUT2D eigenvalue weighted by Gasteiger charge is -2.26. The summed E-state index contributed by atoms with van der Waals surface area (Å²) in [5, 5.41) is 2.15. The Labute approximate surface area is 150 Å². The molecule has 0 unspecified atom stereocenters. The first-order chi connectivity index (χ1) is 11.5. The number of ether oxygens (including phenoxy) is 1. The van der Waals surface area contributed by atoms with E-state index in [1.165, 1.54) is 13.2 Å². The predicted octanol–water partition coefficient (Wildman–Crippen LogP) is 2.56. The first-order valence-electron chi connectivity index (χ1n) is 6.80. The summed E-state index contributed by atoms with van der Waals surface area (Å²) < 4.78 is 11.0. The number of imide groups is 2. The SMILES string of the molecule is COc1ccc(N2C(=O)NC(=O)C(=Cc3ccc(I)o3)C2=O)cc1. The van der Waals surface area contributed by atoms with E-state index in [0.717, 1.165) is 4.90 Å². The summed E-state index contributed by atoms with van der Waals surface area (Å²) in [5.74, 6) is -0.552. The Morgan fingerprint density at radius 2 is 1.83 bits per heavy atom. The fourth-order valence-electron chi connectivity index (χ4n) is 2.17. The van der Waals surface area contributed by atoms with E-state index < -0.39 is 17.8 Å². The van der Waals surface area contributed by atoms with Crippen molar-refractivity contribution in [2.45, 2.75) is 0 Å². The lowest BCUT2D eigenvalue weighted by Crippen LogP contribution is -2.54. The molecule has 2 heterocycles. The maximum Gasteiger partial charge on any atom is 0.335 e.